The molecular weight excluding hydrogens is 390 g/mol. The summed E-state index contributed by atoms with van der Waals surface area (Å²) in [6, 6.07) is 14.1. The maximum Gasteiger partial charge on any atom is 0.261 e. The monoisotopic (exact) mass is 413 g/mol. The van der Waals surface area contributed by atoms with Gasteiger partial charge in [0.1, 0.15) is 0 Å². The van der Waals surface area contributed by atoms with Crippen molar-refractivity contribution in [3.63, 3.8) is 0 Å². The Labute approximate surface area is 175 Å². The van der Waals surface area contributed by atoms with Crippen molar-refractivity contribution in [1.29, 1.82) is 0 Å². The van der Waals surface area contributed by atoms with E-state index in [4.69, 9.17) is 5.73 Å². The van der Waals surface area contributed by atoms with Crippen LogP contribution in [0.3, 0.4) is 0 Å². The van der Waals surface area contributed by atoms with E-state index in [9.17, 15) is 14.4 Å². The lowest BCUT2D eigenvalue weighted by atomic mass is 10.0. The summed E-state index contributed by atoms with van der Waals surface area (Å²) in [5.74, 6) is -0.619. The largest absolute Gasteiger partial charge is 0.349 e. The molecular formula is C22H24ClN3O3. The molecule has 0 aromatic heterocycles. The Hall–Kier alpha value is -2.70. The molecule has 1 heterocycles. The first-order valence-electron chi connectivity index (χ1n) is 9.63. The van der Waals surface area contributed by atoms with Gasteiger partial charge in [0, 0.05) is 11.6 Å². The van der Waals surface area contributed by atoms with Crippen LogP contribution in [-0.4, -0.2) is 35.2 Å². The Kier molecular flexibility index (Phi) is 6.35. The standard InChI is InChI=1S/C22H23N3O3.ClH/c23-12-16-7-4-8-19(16)24-20(26)15-9-10-17-18(11-15)22(28)25(21(17)27)13-14-5-2-1-3-6-14;/h1-3,5-6,9-11,16,19H,4,7-8,12-13,23H2,(H,24,26);1H. The number of hydrogen-bond donors (Lipinski definition) is 2. The third kappa shape index (κ3) is 4.04. The number of nitrogens with one attached hydrogen (secondary N) is 1. The SMILES string of the molecule is Cl.NCC1CCCC1NC(=O)c1ccc2c(c1)C(=O)N(Cc1ccccc1)C2=O. The summed E-state index contributed by atoms with van der Waals surface area (Å²) < 4.78 is 0. The highest BCUT2D eigenvalue weighted by atomic mass is 35.5. The van der Waals surface area contributed by atoms with Crippen LogP contribution in [0.25, 0.3) is 0 Å². The number of nitrogens with two attached hydrogens (primary N) is 1. The lowest BCUT2D eigenvalue weighted by Gasteiger charge is -2.19. The average molecular weight is 414 g/mol. The molecule has 4 rings (SSSR count). The molecule has 1 saturated carbocycles. The highest BCUT2D eigenvalue weighted by Gasteiger charge is 2.36. The topological polar surface area (TPSA) is 92.5 Å². The van der Waals surface area contributed by atoms with Gasteiger partial charge in [0.15, 0.2) is 0 Å². The van der Waals surface area contributed by atoms with Gasteiger partial charge < -0.3 is 11.1 Å². The lowest BCUT2D eigenvalue weighted by Crippen LogP contribution is -2.39. The number of imide groups is 1. The van der Waals surface area contributed by atoms with E-state index in [1.807, 2.05) is 30.3 Å². The van der Waals surface area contributed by atoms with Crippen molar-refractivity contribution in [3.05, 3.63) is 70.8 Å². The minimum Gasteiger partial charge on any atom is -0.349 e. The van der Waals surface area contributed by atoms with Crippen LogP contribution < -0.4 is 11.1 Å². The molecule has 0 spiro atoms. The van der Waals surface area contributed by atoms with Gasteiger partial charge >= 0.3 is 0 Å². The second-order valence-electron chi connectivity index (χ2n) is 7.45. The predicted octanol–water partition coefficient (Wildman–Crippen LogP) is 2.76. The number of benzene rings is 2. The van der Waals surface area contributed by atoms with Crippen molar-refractivity contribution in [3.8, 4) is 0 Å². The molecule has 2 aromatic carbocycles. The molecule has 1 aliphatic heterocycles. The fourth-order valence-electron chi connectivity index (χ4n) is 4.10. The van der Waals surface area contributed by atoms with Gasteiger partial charge in [-0.1, -0.05) is 36.8 Å². The summed E-state index contributed by atoms with van der Waals surface area (Å²) in [5, 5.41) is 3.04. The Morgan fingerprint density at radius 3 is 2.48 bits per heavy atom. The van der Waals surface area contributed by atoms with Crippen LogP contribution >= 0.6 is 12.4 Å². The normalized spacial score (nSPS) is 20.4. The van der Waals surface area contributed by atoms with Gasteiger partial charge in [0.2, 0.25) is 0 Å². The quantitative estimate of drug-likeness (QED) is 0.737. The van der Waals surface area contributed by atoms with E-state index in [2.05, 4.69) is 5.32 Å². The van der Waals surface area contributed by atoms with Crippen LogP contribution in [0.1, 0.15) is 55.9 Å². The van der Waals surface area contributed by atoms with E-state index < -0.39 is 0 Å². The summed E-state index contributed by atoms with van der Waals surface area (Å²) in [6.07, 6.45) is 2.99. The molecule has 2 atom stereocenters. The Bertz CT molecular complexity index is 932. The third-order valence-corrected chi connectivity index (χ3v) is 5.69. The molecule has 29 heavy (non-hydrogen) atoms. The van der Waals surface area contributed by atoms with E-state index in [0.717, 1.165) is 24.8 Å². The predicted molar refractivity (Wildman–Crippen MR) is 112 cm³/mol. The molecule has 0 bridgehead atoms. The fraction of sp³-hybridized carbons (Fsp3) is 0.318. The third-order valence-electron chi connectivity index (χ3n) is 5.69. The van der Waals surface area contributed by atoms with Gasteiger partial charge in [-0.2, -0.15) is 0 Å². The number of fused-ring (bicyclic) bond motifs is 1. The van der Waals surface area contributed by atoms with Gasteiger partial charge in [-0.25, -0.2) is 0 Å². The molecule has 7 heteroatoms. The minimum absolute atomic E-state index is 0. The number of carbonyl (C=O) groups is 3. The molecule has 3 N–H and O–H groups in total. The Morgan fingerprint density at radius 2 is 1.76 bits per heavy atom. The highest BCUT2D eigenvalue weighted by molar-refractivity contribution is 6.22. The molecule has 1 fully saturated rings. The van der Waals surface area contributed by atoms with E-state index >= 15 is 0 Å². The molecule has 0 saturated heterocycles. The zero-order valence-corrected chi connectivity index (χ0v) is 16.8. The Morgan fingerprint density at radius 1 is 1.03 bits per heavy atom. The first-order chi connectivity index (χ1) is 13.6. The van der Waals surface area contributed by atoms with Crippen molar-refractivity contribution >= 4 is 30.1 Å². The number of carbonyl (C=O) groups excluding carboxylic acids is 3. The van der Waals surface area contributed by atoms with Crippen LogP contribution in [0, 0.1) is 5.92 Å². The van der Waals surface area contributed by atoms with Gasteiger partial charge in [0.05, 0.1) is 17.7 Å². The smallest absolute Gasteiger partial charge is 0.261 e. The van der Waals surface area contributed by atoms with Gasteiger partial charge in [-0.05, 0) is 49.1 Å². The number of nitrogens with zero attached hydrogens (tertiary/aromatic N) is 1. The highest BCUT2D eigenvalue weighted by Crippen LogP contribution is 2.27. The summed E-state index contributed by atoms with van der Waals surface area (Å²) in [7, 11) is 0. The van der Waals surface area contributed by atoms with E-state index in [1.165, 1.54) is 11.0 Å². The molecule has 3 amide bonds. The van der Waals surface area contributed by atoms with Crippen LogP contribution in [0.2, 0.25) is 0 Å². The molecule has 1 aliphatic carbocycles. The van der Waals surface area contributed by atoms with Gasteiger partial charge in [-0.3, -0.25) is 19.3 Å². The maximum absolute atomic E-state index is 12.8. The second kappa shape index (κ2) is 8.76. The summed E-state index contributed by atoms with van der Waals surface area (Å²) in [4.78, 5) is 39.3. The van der Waals surface area contributed by atoms with E-state index in [-0.39, 0.29) is 48.3 Å². The molecule has 2 aliphatic rings. The molecule has 6 nitrogen and oxygen atoms in total. The molecule has 2 aromatic rings. The van der Waals surface area contributed by atoms with Crippen LogP contribution in [0.4, 0.5) is 0 Å². The number of amides is 3. The maximum atomic E-state index is 12.8. The van der Waals surface area contributed by atoms with Crippen LogP contribution in [-0.2, 0) is 6.54 Å². The van der Waals surface area contributed by atoms with E-state index in [0.29, 0.717) is 23.6 Å². The van der Waals surface area contributed by atoms with Crippen LogP contribution in [0.5, 0.6) is 0 Å². The summed E-state index contributed by atoms with van der Waals surface area (Å²) >= 11 is 0. The van der Waals surface area contributed by atoms with Crippen molar-refractivity contribution in [2.24, 2.45) is 11.7 Å². The number of hydrogen-bond acceptors (Lipinski definition) is 4. The molecule has 2 unspecified atom stereocenters. The second-order valence-corrected chi connectivity index (χ2v) is 7.45. The van der Waals surface area contributed by atoms with Gasteiger partial charge in [-0.15, -0.1) is 12.4 Å². The van der Waals surface area contributed by atoms with Crippen molar-refractivity contribution < 1.29 is 14.4 Å². The summed E-state index contributed by atoms with van der Waals surface area (Å²) in [5.41, 5.74) is 7.69. The fourth-order valence-corrected chi connectivity index (χ4v) is 4.10. The van der Waals surface area contributed by atoms with E-state index in [1.54, 1.807) is 12.1 Å². The van der Waals surface area contributed by atoms with Crippen molar-refractivity contribution in [1.82, 2.24) is 10.2 Å². The zero-order valence-electron chi connectivity index (χ0n) is 16.0. The molecule has 0 radical (unpaired) electrons. The first kappa shape index (κ1) is 21.0. The number of rotatable bonds is 5. The minimum atomic E-state index is -0.362. The van der Waals surface area contributed by atoms with Crippen LogP contribution in [0.15, 0.2) is 48.5 Å². The average Bonchev–Trinajstić information content (AvgIpc) is 3.26. The first-order valence-corrected chi connectivity index (χ1v) is 9.63. The zero-order chi connectivity index (χ0) is 19.7. The molecule has 152 valence electrons. The van der Waals surface area contributed by atoms with Crippen molar-refractivity contribution in [2.45, 2.75) is 31.8 Å². The van der Waals surface area contributed by atoms with Crippen molar-refractivity contribution in [2.75, 3.05) is 6.54 Å². The number of halogens is 1. The van der Waals surface area contributed by atoms with Gasteiger partial charge in [0.25, 0.3) is 17.7 Å². The summed E-state index contributed by atoms with van der Waals surface area (Å²) in [6.45, 7) is 0.769. The Balaban J connectivity index is 0.00000240. The lowest BCUT2D eigenvalue weighted by molar-refractivity contribution is 0.0642.